The van der Waals surface area contributed by atoms with Gasteiger partial charge in [-0.3, -0.25) is 29.6 Å². The lowest BCUT2D eigenvalue weighted by Gasteiger charge is -2.62. The number of rotatable bonds is 11. The minimum Gasteiger partial charge on any atom is -0.508 e. The van der Waals surface area contributed by atoms with Crippen LogP contribution in [0, 0.1) is 16.6 Å². The van der Waals surface area contributed by atoms with E-state index >= 15 is 4.39 Å². The van der Waals surface area contributed by atoms with E-state index in [1.807, 2.05) is 30.3 Å². The van der Waals surface area contributed by atoms with Crippen LogP contribution in [-0.2, 0) is 22.6 Å². The van der Waals surface area contributed by atoms with E-state index in [2.05, 4.69) is 43.2 Å². The number of aromatic hydroxyl groups is 1. The third-order valence-electron chi connectivity index (χ3n) is 17.0. The highest BCUT2D eigenvalue weighted by Crippen LogP contribution is 2.54. The maximum atomic E-state index is 17.2. The molecule has 2 unspecified atom stereocenters. The van der Waals surface area contributed by atoms with Crippen molar-refractivity contribution in [2.45, 2.75) is 95.4 Å². The summed E-state index contributed by atoms with van der Waals surface area (Å²) in [4.78, 5) is 63.6. The first-order chi connectivity index (χ1) is 33.5. The van der Waals surface area contributed by atoms with Gasteiger partial charge in [0, 0.05) is 118 Å². The molecule has 69 heavy (non-hydrogen) atoms. The number of hydrogen-bond donors (Lipinski definition) is 3. The van der Waals surface area contributed by atoms with Crippen LogP contribution in [0.25, 0.3) is 32.9 Å². The summed E-state index contributed by atoms with van der Waals surface area (Å²) in [5.74, 6) is -0.609. The number of pyridine rings is 1. The number of phenolic OH excluding ortho intramolecular Hbond substituents is 1. The molecule has 7 fully saturated rings. The highest BCUT2D eigenvalue weighted by atomic mass is 19.1. The molecule has 5 saturated heterocycles. The lowest BCUT2D eigenvalue weighted by atomic mass is 9.60. The highest BCUT2D eigenvalue weighted by Gasteiger charge is 2.56. The molecule has 3 amide bonds. The van der Waals surface area contributed by atoms with Crippen LogP contribution in [0.5, 0.6) is 11.8 Å². The Hall–Kier alpha value is -5.97. The normalized spacial score (nSPS) is 25.3. The van der Waals surface area contributed by atoms with Gasteiger partial charge >= 0.3 is 6.01 Å². The zero-order valence-electron chi connectivity index (χ0n) is 39.2. The molecule has 2 aromatic heterocycles. The van der Waals surface area contributed by atoms with Crippen LogP contribution >= 0.6 is 0 Å². The second kappa shape index (κ2) is 16.3. The molecule has 3 aromatic carbocycles. The number of nitrogens with one attached hydrogen (secondary N) is 2. The predicted octanol–water partition coefficient (Wildman–Crippen LogP) is 5.40. The van der Waals surface area contributed by atoms with Crippen LogP contribution in [0.1, 0.15) is 79.8 Å². The molecule has 2 saturated carbocycles. The lowest BCUT2D eigenvalue weighted by molar-refractivity contribution is -0.136. The predicted molar refractivity (Wildman–Crippen MR) is 259 cm³/mol. The van der Waals surface area contributed by atoms with E-state index in [9.17, 15) is 19.5 Å². The molecule has 3 N–H and O–H groups in total. The van der Waals surface area contributed by atoms with E-state index in [4.69, 9.17) is 19.7 Å². The van der Waals surface area contributed by atoms with E-state index in [0.29, 0.717) is 65.4 Å². The Morgan fingerprint density at radius 3 is 2.46 bits per heavy atom. The van der Waals surface area contributed by atoms with Crippen molar-refractivity contribution in [2.75, 3.05) is 75.3 Å². The molecule has 2 bridgehead atoms. The molecular weight excluding hydrogens is 876 g/mol. The molecule has 0 radical (unpaired) electrons. The Balaban J connectivity index is 0.646. The number of aromatic nitrogens is 3. The summed E-state index contributed by atoms with van der Waals surface area (Å²) in [7, 11) is 0. The van der Waals surface area contributed by atoms with Gasteiger partial charge in [-0.1, -0.05) is 25.1 Å². The monoisotopic (exact) mass is 934 g/mol. The molecule has 13 rings (SSSR count). The molecule has 6 aliphatic heterocycles. The van der Waals surface area contributed by atoms with Gasteiger partial charge < -0.3 is 34.8 Å². The minimum absolute atomic E-state index is 0.0285. The van der Waals surface area contributed by atoms with Gasteiger partial charge in [-0.15, -0.1) is 0 Å². The number of halogens is 1. The topological polar surface area (TPSA) is 160 Å². The molecule has 8 heterocycles. The molecule has 358 valence electrons. The Labute approximate surface area is 400 Å². The second-order valence-corrected chi connectivity index (χ2v) is 21.7. The zero-order valence-corrected chi connectivity index (χ0v) is 39.2. The summed E-state index contributed by atoms with van der Waals surface area (Å²) in [6.45, 7) is 11.6. The zero-order chi connectivity index (χ0) is 46.8. The molecule has 8 aliphatic rings. The van der Waals surface area contributed by atoms with Crippen molar-refractivity contribution in [3.63, 3.8) is 0 Å². The van der Waals surface area contributed by atoms with Gasteiger partial charge in [-0.05, 0) is 109 Å². The fourth-order valence-corrected chi connectivity index (χ4v) is 13.2. The van der Waals surface area contributed by atoms with Gasteiger partial charge in [0.2, 0.25) is 11.8 Å². The quantitative estimate of drug-likeness (QED) is 0.145. The molecule has 2 aliphatic carbocycles. The van der Waals surface area contributed by atoms with Crippen molar-refractivity contribution < 1.29 is 28.6 Å². The number of nitrogens with zero attached hydrogens (tertiary/aromatic N) is 8. The second-order valence-electron chi connectivity index (χ2n) is 21.7. The van der Waals surface area contributed by atoms with Crippen LogP contribution in [0.4, 0.5) is 15.9 Å². The van der Waals surface area contributed by atoms with Crippen LogP contribution in [-0.4, -0.2) is 142 Å². The number of imide groups is 1. The number of likely N-dealkylation sites (tertiary alicyclic amines) is 1. The molecule has 15 nitrogen and oxygen atoms in total. The molecular formula is C53H59FN10O5. The summed E-state index contributed by atoms with van der Waals surface area (Å²) in [5.41, 5.74) is 5.08. The maximum Gasteiger partial charge on any atom is 0.319 e. The van der Waals surface area contributed by atoms with Crippen molar-refractivity contribution in [1.29, 1.82) is 0 Å². The smallest absolute Gasteiger partial charge is 0.319 e. The number of amides is 3. The third kappa shape index (κ3) is 7.55. The van der Waals surface area contributed by atoms with Crippen molar-refractivity contribution in [2.24, 2.45) is 10.8 Å². The Kier molecular flexibility index (Phi) is 10.2. The van der Waals surface area contributed by atoms with Gasteiger partial charge in [-0.25, -0.2) is 4.39 Å². The van der Waals surface area contributed by atoms with Crippen LogP contribution < -0.4 is 25.2 Å². The van der Waals surface area contributed by atoms with Gasteiger partial charge in [0.25, 0.3) is 5.91 Å². The molecule has 3 atom stereocenters. The number of anilines is 2. The van der Waals surface area contributed by atoms with Crippen molar-refractivity contribution in [1.82, 2.24) is 40.3 Å². The average Bonchev–Trinajstić information content (AvgIpc) is 3.91. The van der Waals surface area contributed by atoms with Crippen LogP contribution in [0.15, 0.2) is 54.7 Å². The summed E-state index contributed by atoms with van der Waals surface area (Å²) < 4.78 is 23.7. The molecule has 1 spiro atoms. The Bertz CT molecular complexity index is 2930. The average molecular weight is 935 g/mol. The molecule has 5 aromatic rings. The van der Waals surface area contributed by atoms with E-state index in [0.717, 1.165) is 119 Å². The first-order valence-corrected chi connectivity index (χ1v) is 25.2. The van der Waals surface area contributed by atoms with E-state index < -0.39 is 11.9 Å². The van der Waals surface area contributed by atoms with E-state index in [1.165, 1.54) is 12.8 Å². The number of fused-ring (bicyclic) bond motifs is 5. The third-order valence-corrected chi connectivity index (χ3v) is 17.0. The van der Waals surface area contributed by atoms with Crippen molar-refractivity contribution in [3.05, 3.63) is 77.2 Å². The van der Waals surface area contributed by atoms with E-state index in [1.54, 1.807) is 23.2 Å². The largest absolute Gasteiger partial charge is 0.508 e. The summed E-state index contributed by atoms with van der Waals surface area (Å²) >= 11 is 0. The van der Waals surface area contributed by atoms with Crippen molar-refractivity contribution in [3.8, 4) is 23.0 Å². The van der Waals surface area contributed by atoms with Gasteiger partial charge in [-0.2, -0.15) is 9.97 Å². The van der Waals surface area contributed by atoms with Crippen LogP contribution in [0.2, 0.25) is 0 Å². The standard InChI is InChI=1S/C53H59FN10O5/c1-2-31-4-3-5-32-19-38(65)20-40(44(31)32)46-45(54)47-41(23-55-46)48(63-25-34-6-7-35(26-63)56-34)59-51(58-47)69-30-52(12-13-52)27-60-28-53(29-60)21-37(22-53)62-16-14-61(15-17-62)36-8-9-39-33(18-36)24-64(50(39)68)42-10-11-43(66)57-49(42)67/h3-5,8-9,18-20,23,34-35,37,42,56,65H,2,6-7,10-17,21-22,24-30H2,1H3,(H,57,66,67)/t34?,35?,42-/m0/s1. The maximum absolute atomic E-state index is 17.2. The summed E-state index contributed by atoms with van der Waals surface area (Å²) in [5, 5.41) is 19.2. The van der Waals surface area contributed by atoms with E-state index in [-0.39, 0.29) is 52.5 Å². The number of aryl methyl sites for hydroxylation is 1. The minimum atomic E-state index is -0.605. The Morgan fingerprint density at radius 1 is 0.913 bits per heavy atom. The Morgan fingerprint density at radius 2 is 1.71 bits per heavy atom. The summed E-state index contributed by atoms with van der Waals surface area (Å²) in [6, 6.07) is 16.2. The first-order valence-electron chi connectivity index (χ1n) is 25.2. The molecule has 16 heteroatoms. The fourth-order valence-electron chi connectivity index (χ4n) is 13.2. The number of piperazine rings is 2. The SMILES string of the molecule is CCc1cccc2cc(O)cc(-c3ncc4c(N5CC6CCC(C5)N6)nc(OCC5(CN6CC7(CC(N8CCN(c9ccc%10c(c9)CN([C@H]9CCC(=O)NC9=O)C%10=O)CC8)C7)C6)CC5)nc4c3F)c12. The highest BCUT2D eigenvalue weighted by molar-refractivity contribution is 6.06. The first kappa shape index (κ1) is 43.1. The van der Waals surface area contributed by atoms with Crippen molar-refractivity contribution >= 4 is 50.9 Å². The van der Waals surface area contributed by atoms with Gasteiger partial charge in [0.1, 0.15) is 28.8 Å². The number of piperidine rings is 1. The number of phenols is 1. The number of ether oxygens (including phenoxy) is 1. The van der Waals surface area contributed by atoms with Gasteiger partial charge in [0.15, 0.2) is 5.82 Å². The summed E-state index contributed by atoms with van der Waals surface area (Å²) in [6.07, 6.45) is 9.89. The number of hydrogen-bond acceptors (Lipinski definition) is 13. The van der Waals surface area contributed by atoms with Gasteiger partial charge in [0.05, 0.1) is 12.0 Å². The van der Waals surface area contributed by atoms with Crippen LogP contribution in [0.3, 0.4) is 0 Å². The number of carbonyl (C=O) groups is 3. The number of benzene rings is 3. The lowest BCUT2D eigenvalue weighted by Crippen LogP contribution is -2.68. The number of carbonyl (C=O) groups excluding carboxylic acids is 3. The fraction of sp³-hybridized carbons (Fsp3) is 0.509.